The number of carbonyl (C=O) groups is 2. The first kappa shape index (κ1) is 33.4. The van der Waals surface area contributed by atoms with Gasteiger partial charge in [0.15, 0.2) is 0 Å². The van der Waals surface area contributed by atoms with Crippen molar-refractivity contribution in [1.29, 1.82) is 0 Å². The van der Waals surface area contributed by atoms with Crippen LogP contribution in [0.4, 0.5) is 0 Å². The van der Waals surface area contributed by atoms with Gasteiger partial charge in [0.05, 0.1) is 25.7 Å². The molecule has 10 atom stereocenters. The maximum atomic E-state index is 14.8. The Hall–Kier alpha value is -2.05. The number of pyridine rings is 1. The van der Waals surface area contributed by atoms with Gasteiger partial charge < -0.3 is 9.47 Å². The van der Waals surface area contributed by atoms with E-state index in [4.69, 9.17) is 9.47 Å². The Labute approximate surface area is 283 Å². The molecule has 0 N–H and O–H groups in total. The van der Waals surface area contributed by atoms with Crippen molar-refractivity contribution in [2.75, 3.05) is 33.4 Å². The molecule has 5 aliphatic carbocycles. The fraction of sp³-hybridized carbons (Fsp3) is 0.780. The molecule has 6 nitrogen and oxygen atoms in total. The van der Waals surface area contributed by atoms with E-state index in [0.29, 0.717) is 42.7 Å². The smallest absolute Gasteiger partial charge is 0.312 e. The molecule has 0 radical (unpaired) electrons. The average Bonchev–Trinajstić information content (AvgIpc) is 3.04. The van der Waals surface area contributed by atoms with E-state index in [1.807, 2.05) is 12.4 Å². The third-order valence-corrected chi connectivity index (χ3v) is 15.9. The van der Waals surface area contributed by atoms with Gasteiger partial charge in [0.1, 0.15) is 5.78 Å². The minimum Gasteiger partial charge on any atom is -0.469 e. The van der Waals surface area contributed by atoms with Crippen molar-refractivity contribution in [3.05, 3.63) is 42.2 Å². The van der Waals surface area contributed by atoms with Gasteiger partial charge in [0.2, 0.25) is 0 Å². The van der Waals surface area contributed by atoms with Crippen molar-refractivity contribution >= 4 is 11.8 Å². The summed E-state index contributed by atoms with van der Waals surface area (Å²) in [5.41, 5.74) is 0.761. The first-order valence-corrected chi connectivity index (χ1v) is 18.7. The third-order valence-electron chi connectivity index (χ3n) is 15.9. The van der Waals surface area contributed by atoms with E-state index >= 15 is 0 Å². The van der Waals surface area contributed by atoms with Crippen molar-refractivity contribution in [2.24, 2.45) is 62.1 Å². The number of morpholine rings is 1. The standard InChI is InChI=1S/C41H60N2O4/c1-36(2)15-17-41(35(45)46-8)18-16-39(6)29(30(41)26-36)9-10-32-38(5)25-28(34(44)37(3,4)31(38)11-14-40(32,39)7)33(27-12-19-42-20-13-27)43-21-23-47-24-22-43/h9-10,12-13,19-20,28-33H,11,14-18,21-26H2,1-8H3/t28?,29?,30?,31?,32?,33?,38-,39+,40+,41-/m0/s1. The molecule has 4 saturated carbocycles. The monoisotopic (exact) mass is 644 g/mol. The molecule has 0 aromatic carbocycles. The molecular formula is C41H60N2O4. The average molecular weight is 645 g/mol. The number of Topliss-reactive ketones (excluding diaryl/α,β-unsaturated/α-hetero) is 1. The molecule has 5 fully saturated rings. The van der Waals surface area contributed by atoms with Gasteiger partial charge in [-0.15, -0.1) is 0 Å². The zero-order valence-corrected chi connectivity index (χ0v) is 30.4. The Morgan fingerprint density at radius 2 is 1.60 bits per heavy atom. The van der Waals surface area contributed by atoms with Crippen LogP contribution in [0.1, 0.15) is 111 Å². The highest BCUT2D eigenvalue weighted by Crippen LogP contribution is 2.76. The van der Waals surface area contributed by atoms with Crippen LogP contribution < -0.4 is 0 Å². The summed E-state index contributed by atoms with van der Waals surface area (Å²) < 4.78 is 11.4. The Bertz CT molecular complexity index is 1420. The maximum absolute atomic E-state index is 14.8. The fourth-order valence-corrected chi connectivity index (χ4v) is 13.3. The lowest BCUT2D eigenvalue weighted by Crippen LogP contribution is -2.67. The number of ketones is 1. The van der Waals surface area contributed by atoms with Gasteiger partial charge in [-0.05, 0) is 114 Å². The molecule has 1 aromatic heterocycles. The van der Waals surface area contributed by atoms with E-state index in [0.717, 1.165) is 64.5 Å². The second-order valence-corrected chi connectivity index (χ2v) is 18.7. The largest absolute Gasteiger partial charge is 0.469 e. The van der Waals surface area contributed by atoms with Gasteiger partial charge in [0, 0.05) is 42.9 Å². The highest BCUT2D eigenvalue weighted by molar-refractivity contribution is 5.88. The molecule has 47 heavy (non-hydrogen) atoms. The number of hydrogen-bond donors (Lipinski definition) is 0. The molecule has 0 bridgehead atoms. The predicted octanol–water partition coefficient (Wildman–Crippen LogP) is 8.08. The highest BCUT2D eigenvalue weighted by Gasteiger charge is 2.71. The molecular weight excluding hydrogens is 584 g/mol. The predicted molar refractivity (Wildman–Crippen MR) is 184 cm³/mol. The lowest BCUT2D eigenvalue weighted by Gasteiger charge is -2.71. The Morgan fingerprint density at radius 3 is 2.28 bits per heavy atom. The lowest BCUT2D eigenvalue weighted by atomic mass is 9.32. The summed E-state index contributed by atoms with van der Waals surface area (Å²) in [6.07, 6.45) is 17.2. The molecule has 1 aliphatic heterocycles. The van der Waals surface area contributed by atoms with E-state index in [-0.39, 0.29) is 45.0 Å². The summed E-state index contributed by atoms with van der Waals surface area (Å²) >= 11 is 0. The summed E-state index contributed by atoms with van der Waals surface area (Å²) in [5.74, 6) is 1.72. The minimum atomic E-state index is -0.415. The van der Waals surface area contributed by atoms with E-state index in [9.17, 15) is 9.59 Å². The highest BCUT2D eigenvalue weighted by atomic mass is 16.5. The van der Waals surface area contributed by atoms with Crippen molar-refractivity contribution in [2.45, 2.75) is 106 Å². The molecule has 6 unspecified atom stereocenters. The maximum Gasteiger partial charge on any atom is 0.312 e. The van der Waals surface area contributed by atoms with Crippen LogP contribution in [0.3, 0.4) is 0 Å². The van der Waals surface area contributed by atoms with E-state index in [1.165, 1.54) is 5.56 Å². The van der Waals surface area contributed by atoms with Crippen molar-refractivity contribution in [3.63, 3.8) is 0 Å². The summed E-state index contributed by atoms with van der Waals surface area (Å²) in [5, 5.41) is 0. The quantitative estimate of drug-likeness (QED) is 0.244. The van der Waals surface area contributed by atoms with Crippen LogP contribution in [0, 0.1) is 62.1 Å². The number of hydrogen-bond acceptors (Lipinski definition) is 6. The molecule has 1 saturated heterocycles. The molecule has 258 valence electrons. The summed E-state index contributed by atoms with van der Waals surface area (Å²) in [4.78, 5) is 35.4. The topological polar surface area (TPSA) is 68.7 Å². The molecule has 0 amide bonds. The number of rotatable bonds is 4. The summed E-state index contributed by atoms with van der Waals surface area (Å²) in [6, 6.07) is 4.29. The Kier molecular flexibility index (Phi) is 8.00. The number of ether oxygens (including phenoxy) is 2. The third kappa shape index (κ3) is 4.72. The number of esters is 1. The van der Waals surface area contributed by atoms with Crippen LogP contribution in [0.25, 0.3) is 0 Å². The number of aromatic nitrogens is 1. The van der Waals surface area contributed by atoms with Gasteiger partial charge in [-0.25, -0.2) is 0 Å². The SMILES string of the molecule is COC(=O)[C@]12CCC(C)(C)CC1C1C=CC3[C@@]4(C)CC(C(c5ccncc5)N5CCOCC5)C(=O)C(C)(C)C4CC[C@@]3(C)[C@]1(C)CC2. The summed E-state index contributed by atoms with van der Waals surface area (Å²) in [6.45, 7) is 20.2. The van der Waals surface area contributed by atoms with Crippen LogP contribution in [-0.4, -0.2) is 55.0 Å². The van der Waals surface area contributed by atoms with Crippen LogP contribution in [0.2, 0.25) is 0 Å². The van der Waals surface area contributed by atoms with E-state index in [1.54, 1.807) is 7.11 Å². The van der Waals surface area contributed by atoms with Gasteiger partial charge in [-0.1, -0.05) is 60.6 Å². The van der Waals surface area contributed by atoms with Crippen LogP contribution in [0.15, 0.2) is 36.7 Å². The number of allylic oxidation sites excluding steroid dienone is 2. The number of nitrogens with zero attached hydrogens (tertiary/aromatic N) is 2. The minimum absolute atomic E-state index is 0.0235. The fourth-order valence-electron chi connectivity index (χ4n) is 13.3. The summed E-state index contributed by atoms with van der Waals surface area (Å²) in [7, 11) is 1.59. The zero-order chi connectivity index (χ0) is 33.6. The van der Waals surface area contributed by atoms with Gasteiger partial charge in [-0.3, -0.25) is 19.5 Å². The molecule has 0 spiro atoms. The number of carbonyl (C=O) groups excluding carboxylic acids is 2. The van der Waals surface area contributed by atoms with Crippen molar-refractivity contribution in [3.8, 4) is 0 Å². The Balaban J connectivity index is 1.31. The molecule has 6 aliphatic rings. The first-order chi connectivity index (χ1) is 22.1. The van der Waals surface area contributed by atoms with Gasteiger partial charge in [0.25, 0.3) is 0 Å². The molecule has 6 heteroatoms. The van der Waals surface area contributed by atoms with Gasteiger partial charge in [-0.2, -0.15) is 0 Å². The second-order valence-electron chi connectivity index (χ2n) is 18.7. The number of methoxy groups -OCH3 is 1. The Morgan fingerprint density at radius 1 is 0.915 bits per heavy atom. The lowest BCUT2D eigenvalue weighted by molar-refractivity contribution is -0.216. The first-order valence-electron chi connectivity index (χ1n) is 18.7. The normalized spacial score (nSPS) is 44.7. The van der Waals surface area contributed by atoms with Gasteiger partial charge >= 0.3 is 5.97 Å². The molecule has 1 aromatic rings. The van der Waals surface area contributed by atoms with Crippen LogP contribution in [0.5, 0.6) is 0 Å². The van der Waals surface area contributed by atoms with E-state index < -0.39 is 5.41 Å². The molecule has 7 rings (SSSR count). The van der Waals surface area contributed by atoms with Crippen LogP contribution in [-0.2, 0) is 19.1 Å². The van der Waals surface area contributed by atoms with Crippen molar-refractivity contribution < 1.29 is 19.1 Å². The number of fused-ring (bicyclic) bond motifs is 7. The zero-order valence-electron chi connectivity index (χ0n) is 30.4. The van der Waals surface area contributed by atoms with E-state index in [2.05, 4.69) is 82.6 Å². The van der Waals surface area contributed by atoms with Crippen LogP contribution >= 0.6 is 0 Å². The molecule has 2 heterocycles. The van der Waals surface area contributed by atoms with Crippen molar-refractivity contribution in [1.82, 2.24) is 9.88 Å². The second kappa shape index (κ2) is 11.2.